The second-order valence-corrected chi connectivity index (χ2v) is 5.35. The van der Waals surface area contributed by atoms with Crippen molar-refractivity contribution in [3.05, 3.63) is 29.8 Å². The average Bonchev–Trinajstić information content (AvgIpc) is 2.38. The van der Waals surface area contributed by atoms with E-state index < -0.39 is 0 Å². The number of benzene rings is 1. The summed E-state index contributed by atoms with van der Waals surface area (Å²) in [5, 5.41) is 3.18. The van der Waals surface area contributed by atoms with E-state index in [1.807, 2.05) is 20.9 Å². The maximum Gasteiger partial charge on any atom is 0.119 e. The molecule has 0 bridgehead atoms. The van der Waals surface area contributed by atoms with Gasteiger partial charge in [-0.05, 0) is 72.1 Å². The first-order valence-corrected chi connectivity index (χ1v) is 7.16. The van der Waals surface area contributed by atoms with E-state index in [4.69, 9.17) is 4.74 Å². The van der Waals surface area contributed by atoms with Gasteiger partial charge in [0.25, 0.3) is 0 Å². The van der Waals surface area contributed by atoms with E-state index in [-0.39, 0.29) is 6.10 Å². The molecule has 0 heterocycles. The van der Waals surface area contributed by atoms with Crippen LogP contribution in [-0.2, 0) is 0 Å². The quantitative estimate of drug-likeness (QED) is 0.730. The lowest BCUT2D eigenvalue weighted by molar-refractivity contribution is 0.241. The molecule has 0 saturated carbocycles. The predicted octanol–water partition coefficient (Wildman–Crippen LogP) is 3.08. The highest BCUT2D eigenvalue weighted by molar-refractivity contribution is 5.29. The van der Waals surface area contributed by atoms with Crippen LogP contribution in [0.2, 0.25) is 0 Å². The lowest BCUT2D eigenvalue weighted by Gasteiger charge is -2.25. The Bertz CT molecular complexity index is 348. The predicted molar refractivity (Wildman–Crippen MR) is 81.8 cm³/mol. The molecule has 0 spiro atoms. The van der Waals surface area contributed by atoms with E-state index in [1.165, 1.54) is 12.0 Å². The van der Waals surface area contributed by atoms with Crippen molar-refractivity contribution in [1.29, 1.82) is 0 Å². The third kappa shape index (κ3) is 5.62. The SMILES string of the molecule is CNCCCN(C)C(C)c1ccc(OC(C)C)cc1. The monoisotopic (exact) mass is 264 g/mol. The molecule has 1 aromatic carbocycles. The molecule has 3 nitrogen and oxygen atoms in total. The van der Waals surface area contributed by atoms with Gasteiger partial charge < -0.3 is 10.1 Å². The van der Waals surface area contributed by atoms with Crippen molar-refractivity contribution >= 4 is 0 Å². The van der Waals surface area contributed by atoms with E-state index >= 15 is 0 Å². The molecule has 0 aliphatic carbocycles. The number of nitrogens with one attached hydrogen (secondary N) is 1. The molecule has 1 N–H and O–H groups in total. The molecule has 1 atom stereocenters. The summed E-state index contributed by atoms with van der Waals surface area (Å²) in [5.74, 6) is 0.948. The van der Waals surface area contributed by atoms with E-state index in [0.29, 0.717) is 6.04 Å². The van der Waals surface area contributed by atoms with Gasteiger partial charge in [0.1, 0.15) is 5.75 Å². The third-order valence-corrected chi connectivity index (χ3v) is 3.33. The lowest BCUT2D eigenvalue weighted by atomic mass is 10.1. The van der Waals surface area contributed by atoms with Gasteiger partial charge >= 0.3 is 0 Å². The summed E-state index contributed by atoms with van der Waals surface area (Å²) in [6, 6.07) is 8.89. The summed E-state index contributed by atoms with van der Waals surface area (Å²) in [6.45, 7) is 8.51. The summed E-state index contributed by atoms with van der Waals surface area (Å²) in [5.41, 5.74) is 1.34. The molecule has 0 aliphatic rings. The standard InChI is InChI=1S/C16H28N2O/c1-13(2)19-16-9-7-15(8-10-16)14(3)18(5)12-6-11-17-4/h7-10,13-14,17H,6,11-12H2,1-5H3. The number of nitrogens with zero attached hydrogens (tertiary/aromatic N) is 1. The number of hydrogen-bond donors (Lipinski definition) is 1. The molecule has 108 valence electrons. The summed E-state index contributed by atoms with van der Waals surface area (Å²) >= 11 is 0. The van der Waals surface area contributed by atoms with Crippen LogP contribution in [0, 0.1) is 0 Å². The summed E-state index contributed by atoms with van der Waals surface area (Å²) < 4.78 is 5.67. The first kappa shape index (κ1) is 16.0. The minimum absolute atomic E-state index is 0.229. The van der Waals surface area contributed by atoms with Crippen molar-refractivity contribution in [2.24, 2.45) is 0 Å². The molecule has 0 fully saturated rings. The number of rotatable bonds is 8. The van der Waals surface area contributed by atoms with E-state index in [0.717, 1.165) is 18.8 Å². The van der Waals surface area contributed by atoms with Crippen LogP contribution in [-0.4, -0.2) is 38.2 Å². The highest BCUT2D eigenvalue weighted by Crippen LogP contribution is 2.22. The fourth-order valence-electron chi connectivity index (χ4n) is 2.05. The van der Waals surface area contributed by atoms with Gasteiger partial charge in [0.2, 0.25) is 0 Å². The Kier molecular flexibility index (Phi) is 6.89. The van der Waals surface area contributed by atoms with Crippen LogP contribution < -0.4 is 10.1 Å². The van der Waals surface area contributed by atoms with Crippen LogP contribution in [0.5, 0.6) is 5.75 Å². The van der Waals surface area contributed by atoms with Crippen LogP contribution in [0.1, 0.15) is 38.8 Å². The van der Waals surface area contributed by atoms with Crippen LogP contribution >= 0.6 is 0 Å². The van der Waals surface area contributed by atoms with E-state index in [9.17, 15) is 0 Å². The van der Waals surface area contributed by atoms with Gasteiger partial charge in [-0.25, -0.2) is 0 Å². The van der Waals surface area contributed by atoms with Gasteiger partial charge in [-0.15, -0.1) is 0 Å². The fourth-order valence-corrected chi connectivity index (χ4v) is 2.05. The second-order valence-electron chi connectivity index (χ2n) is 5.35. The normalized spacial score (nSPS) is 13.0. The molecular weight excluding hydrogens is 236 g/mol. The van der Waals surface area contributed by atoms with Gasteiger partial charge in [0.05, 0.1) is 6.10 Å². The van der Waals surface area contributed by atoms with Gasteiger partial charge in [0.15, 0.2) is 0 Å². The van der Waals surface area contributed by atoms with Gasteiger partial charge in [-0.3, -0.25) is 4.90 Å². The highest BCUT2D eigenvalue weighted by Gasteiger charge is 2.11. The topological polar surface area (TPSA) is 24.5 Å². The Morgan fingerprint density at radius 1 is 1.16 bits per heavy atom. The van der Waals surface area contributed by atoms with Gasteiger partial charge in [0, 0.05) is 6.04 Å². The molecule has 3 heteroatoms. The van der Waals surface area contributed by atoms with Crippen molar-refractivity contribution in [3.8, 4) is 5.75 Å². The zero-order chi connectivity index (χ0) is 14.3. The summed E-state index contributed by atoms with van der Waals surface area (Å²) in [6.07, 6.45) is 1.40. The van der Waals surface area contributed by atoms with Gasteiger partial charge in [-0.1, -0.05) is 12.1 Å². The molecule has 0 amide bonds. The van der Waals surface area contributed by atoms with Crippen LogP contribution in [0.4, 0.5) is 0 Å². The Morgan fingerprint density at radius 2 is 1.79 bits per heavy atom. The Hall–Kier alpha value is -1.06. The van der Waals surface area contributed by atoms with Crippen LogP contribution in [0.15, 0.2) is 24.3 Å². The van der Waals surface area contributed by atoms with Crippen LogP contribution in [0.25, 0.3) is 0 Å². The van der Waals surface area contributed by atoms with E-state index in [2.05, 4.69) is 48.5 Å². The minimum atomic E-state index is 0.229. The second kappa shape index (κ2) is 8.18. The Balaban J connectivity index is 2.54. The summed E-state index contributed by atoms with van der Waals surface area (Å²) in [4.78, 5) is 2.38. The van der Waals surface area contributed by atoms with Gasteiger partial charge in [-0.2, -0.15) is 0 Å². The van der Waals surface area contributed by atoms with Crippen molar-refractivity contribution in [3.63, 3.8) is 0 Å². The largest absolute Gasteiger partial charge is 0.491 e. The molecule has 0 aliphatic heterocycles. The molecular formula is C16H28N2O. The van der Waals surface area contributed by atoms with Crippen molar-refractivity contribution in [2.45, 2.75) is 39.3 Å². The number of hydrogen-bond acceptors (Lipinski definition) is 3. The van der Waals surface area contributed by atoms with Crippen molar-refractivity contribution in [2.75, 3.05) is 27.2 Å². The molecule has 0 saturated heterocycles. The van der Waals surface area contributed by atoms with Crippen molar-refractivity contribution in [1.82, 2.24) is 10.2 Å². The fraction of sp³-hybridized carbons (Fsp3) is 0.625. The molecule has 0 aromatic heterocycles. The van der Waals surface area contributed by atoms with Crippen molar-refractivity contribution < 1.29 is 4.74 Å². The average molecular weight is 264 g/mol. The summed E-state index contributed by atoms with van der Waals surface area (Å²) in [7, 11) is 4.18. The molecule has 1 rings (SSSR count). The lowest BCUT2D eigenvalue weighted by Crippen LogP contribution is -2.25. The maximum absolute atomic E-state index is 5.67. The minimum Gasteiger partial charge on any atom is -0.491 e. The molecule has 19 heavy (non-hydrogen) atoms. The van der Waals surface area contributed by atoms with Crippen LogP contribution in [0.3, 0.4) is 0 Å². The molecule has 1 unspecified atom stereocenters. The zero-order valence-electron chi connectivity index (χ0n) is 12.9. The number of ether oxygens (including phenoxy) is 1. The first-order valence-electron chi connectivity index (χ1n) is 7.16. The smallest absolute Gasteiger partial charge is 0.119 e. The highest BCUT2D eigenvalue weighted by atomic mass is 16.5. The zero-order valence-corrected chi connectivity index (χ0v) is 12.9. The third-order valence-electron chi connectivity index (χ3n) is 3.33. The molecule has 1 aromatic rings. The van der Waals surface area contributed by atoms with E-state index in [1.54, 1.807) is 0 Å². The first-order chi connectivity index (χ1) is 9.04. The Labute approximate surface area is 118 Å². The Morgan fingerprint density at radius 3 is 2.32 bits per heavy atom. The molecule has 0 radical (unpaired) electrons. The maximum atomic E-state index is 5.67.